The van der Waals surface area contributed by atoms with Crippen LogP contribution in [0.2, 0.25) is 0 Å². The van der Waals surface area contributed by atoms with E-state index in [1.54, 1.807) is 24.1 Å². The normalized spacial score (nSPS) is 23.2. The summed E-state index contributed by atoms with van der Waals surface area (Å²) in [5.41, 5.74) is 6.88. The molecule has 2 unspecified atom stereocenters. The van der Waals surface area contributed by atoms with Gasteiger partial charge in [-0.15, -0.1) is 0 Å². The van der Waals surface area contributed by atoms with E-state index < -0.39 is 0 Å². The number of nitrogens with two attached hydrogens (primary N) is 1. The van der Waals surface area contributed by atoms with Crippen LogP contribution < -0.4 is 5.73 Å². The Morgan fingerprint density at radius 3 is 2.95 bits per heavy atom. The summed E-state index contributed by atoms with van der Waals surface area (Å²) in [5, 5.41) is 0. The number of halogens is 2. The van der Waals surface area contributed by atoms with Gasteiger partial charge in [-0.1, -0.05) is 6.07 Å². The van der Waals surface area contributed by atoms with Gasteiger partial charge in [0.05, 0.1) is 17.1 Å². The second kappa shape index (κ2) is 5.98. The maximum Gasteiger partial charge on any atom is 0.224 e. The first kappa shape index (κ1) is 14.4. The number of carbonyl (C=O) groups excluding carboxylic acids is 1. The lowest BCUT2D eigenvalue weighted by Crippen LogP contribution is -2.35. The molecule has 0 saturated carbocycles. The highest BCUT2D eigenvalue weighted by Gasteiger charge is 2.38. The van der Waals surface area contributed by atoms with Crippen molar-refractivity contribution in [3.63, 3.8) is 0 Å². The van der Waals surface area contributed by atoms with Gasteiger partial charge in [0.1, 0.15) is 5.82 Å². The second-order valence-electron chi connectivity index (χ2n) is 4.57. The lowest BCUT2D eigenvalue weighted by Gasteiger charge is -2.27. The molecule has 2 N–H and O–H groups in total. The van der Waals surface area contributed by atoms with Crippen molar-refractivity contribution in [3.8, 4) is 0 Å². The molecule has 1 aliphatic rings. The minimum atomic E-state index is -0.329. The quantitative estimate of drug-likeness (QED) is 0.916. The van der Waals surface area contributed by atoms with Gasteiger partial charge in [-0.05, 0) is 33.6 Å². The monoisotopic (exact) mass is 330 g/mol. The van der Waals surface area contributed by atoms with E-state index in [2.05, 4.69) is 15.9 Å². The van der Waals surface area contributed by atoms with E-state index in [0.29, 0.717) is 24.0 Å². The Bertz CT molecular complexity index is 484. The molecule has 2 atom stereocenters. The summed E-state index contributed by atoms with van der Waals surface area (Å²) in [5.74, 6) is -0.319. The van der Waals surface area contributed by atoms with E-state index >= 15 is 0 Å². The average molecular weight is 331 g/mol. The number of benzene rings is 1. The Kier molecular flexibility index (Phi) is 4.54. The van der Waals surface area contributed by atoms with Crippen molar-refractivity contribution < 1.29 is 13.9 Å². The van der Waals surface area contributed by atoms with Crippen LogP contribution in [0.25, 0.3) is 0 Å². The highest BCUT2D eigenvalue weighted by molar-refractivity contribution is 9.10. The molecular weight excluding hydrogens is 315 g/mol. The largest absolute Gasteiger partial charge is 0.383 e. The van der Waals surface area contributed by atoms with Crippen molar-refractivity contribution in [2.24, 2.45) is 5.73 Å². The molecule has 1 aliphatic heterocycles. The number of methoxy groups -OCH3 is 1. The van der Waals surface area contributed by atoms with Crippen LogP contribution in [0.4, 0.5) is 4.39 Å². The van der Waals surface area contributed by atoms with Crippen LogP contribution in [-0.4, -0.2) is 37.1 Å². The number of amides is 1. The molecular formula is C13H16BrFN2O2. The van der Waals surface area contributed by atoms with Crippen molar-refractivity contribution in [1.82, 2.24) is 4.90 Å². The van der Waals surface area contributed by atoms with E-state index in [1.165, 1.54) is 6.07 Å². The second-order valence-corrected chi connectivity index (χ2v) is 5.42. The minimum absolute atomic E-state index is 0.00926. The number of carbonyl (C=O) groups is 1. The van der Waals surface area contributed by atoms with Gasteiger partial charge in [0.15, 0.2) is 0 Å². The third-order valence-electron chi connectivity index (χ3n) is 3.29. The number of likely N-dealkylation sites (tertiary alicyclic amines) is 1. The molecule has 1 saturated heterocycles. The molecule has 1 amide bonds. The Morgan fingerprint density at radius 2 is 2.32 bits per heavy atom. The summed E-state index contributed by atoms with van der Waals surface area (Å²) in [6.07, 6.45) is 0.309. The number of hydrogen-bond donors (Lipinski definition) is 1. The van der Waals surface area contributed by atoms with Gasteiger partial charge in [0, 0.05) is 26.1 Å². The molecule has 1 aromatic carbocycles. The van der Waals surface area contributed by atoms with E-state index in [9.17, 15) is 9.18 Å². The van der Waals surface area contributed by atoms with Crippen molar-refractivity contribution >= 4 is 21.8 Å². The lowest BCUT2D eigenvalue weighted by atomic mass is 10.0. The SMILES string of the molecule is COCCN1C(=O)CC(N)C1c1ccc(F)c(Br)c1. The summed E-state index contributed by atoms with van der Waals surface area (Å²) in [7, 11) is 1.59. The summed E-state index contributed by atoms with van der Waals surface area (Å²) < 4.78 is 18.7. The minimum Gasteiger partial charge on any atom is -0.383 e. The van der Waals surface area contributed by atoms with Gasteiger partial charge in [0.25, 0.3) is 0 Å². The highest BCUT2D eigenvalue weighted by atomic mass is 79.9. The lowest BCUT2D eigenvalue weighted by molar-refractivity contribution is -0.129. The third kappa shape index (κ3) is 2.96. The van der Waals surface area contributed by atoms with E-state index in [-0.39, 0.29) is 23.8 Å². The molecule has 19 heavy (non-hydrogen) atoms. The van der Waals surface area contributed by atoms with Crippen molar-refractivity contribution in [2.45, 2.75) is 18.5 Å². The van der Waals surface area contributed by atoms with Crippen LogP contribution >= 0.6 is 15.9 Å². The van der Waals surface area contributed by atoms with Crippen LogP contribution in [0.5, 0.6) is 0 Å². The maximum atomic E-state index is 13.3. The van der Waals surface area contributed by atoms with Crippen LogP contribution in [0, 0.1) is 5.82 Å². The third-order valence-corrected chi connectivity index (χ3v) is 3.90. The molecule has 0 aliphatic carbocycles. The van der Waals surface area contributed by atoms with Crippen LogP contribution in [0.1, 0.15) is 18.0 Å². The average Bonchev–Trinajstić information content (AvgIpc) is 2.65. The summed E-state index contributed by atoms with van der Waals surface area (Å²) in [6.45, 7) is 0.944. The zero-order chi connectivity index (χ0) is 14.0. The zero-order valence-corrected chi connectivity index (χ0v) is 12.2. The Morgan fingerprint density at radius 1 is 1.58 bits per heavy atom. The number of ether oxygens (including phenoxy) is 1. The number of rotatable bonds is 4. The summed E-state index contributed by atoms with van der Waals surface area (Å²) >= 11 is 3.16. The van der Waals surface area contributed by atoms with Crippen LogP contribution in [0.3, 0.4) is 0 Å². The van der Waals surface area contributed by atoms with E-state index in [0.717, 1.165) is 5.56 Å². The number of nitrogens with zero attached hydrogens (tertiary/aromatic N) is 1. The predicted octanol–water partition coefficient (Wildman–Crippen LogP) is 1.84. The Hall–Kier alpha value is -0.980. The molecule has 0 bridgehead atoms. The summed E-state index contributed by atoms with van der Waals surface area (Å²) in [4.78, 5) is 13.6. The first-order chi connectivity index (χ1) is 9.04. The van der Waals surface area contributed by atoms with Crippen molar-refractivity contribution in [3.05, 3.63) is 34.1 Å². The van der Waals surface area contributed by atoms with Gasteiger partial charge in [-0.25, -0.2) is 4.39 Å². The van der Waals surface area contributed by atoms with Crippen LogP contribution in [-0.2, 0) is 9.53 Å². The van der Waals surface area contributed by atoms with E-state index in [1.807, 2.05) is 0 Å². The fraction of sp³-hybridized carbons (Fsp3) is 0.462. The molecule has 0 spiro atoms. The molecule has 4 nitrogen and oxygen atoms in total. The first-order valence-corrected chi connectivity index (χ1v) is 6.83. The zero-order valence-electron chi connectivity index (χ0n) is 10.6. The molecule has 0 radical (unpaired) electrons. The molecule has 6 heteroatoms. The smallest absolute Gasteiger partial charge is 0.224 e. The standard InChI is InChI=1S/C13H16BrFN2O2/c1-19-5-4-17-12(18)7-11(16)13(17)8-2-3-10(15)9(14)6-8/h2-3,6,11,13H,4-5,7,16H2,1H3. The van der Waals surface area contributed by atoms with E-state index in [4.69, 9.17) is 10.5 Å². The Labute approximate surface area is 119 Å². The number of hydrogen-bond acceptors (Lipinski definition) is 3. The fourth-order valence-corrected chi connectivity index (χ4v) is 2.79. The van der Waals surface area contributed by atoms with Gasteiger partial charge in [-0.2, -0.15) is 0 Å². The van der Waals surface area contributed by atoms with Gasteiger partial charge in [0.2, 0.25) is 5.91 Å². The molecule has 1 heterocycles. The molecule has 0 aromatic heterocycles. The van der Waals surface area contributed by atoms with Crippen molar-refractivity contribution in [1.29, 1.82) is 0 Å². The molecule has 1 aromatic rings. The van der Waals surface area contributed by atoms with Crippen LogP contribution in [0.15, 0.2) is 22.7 Å². The fourth-order valence-electron chi connectivity index (χ4n) is 2.39. The highest BCUT2D eigenvalue weighted by Crippen LogP contribution is 2.33. The molecule has 1 fully saturated rings. The van der Waals surface area contributed by atoms with Gasteiger partial charge in [-0.3, -0.25) is 4.79 Å². The first-order valence-electron chi connectivity index (χ1n) is 6.03. The molecule has 2 rings (SSSR count). The maximum absolute atomic E-state index is 13.3. The van der Waals surface area contributed by atoms with Gasteiger partial charge < -0.3 is 15.4 Å². The Balaban J connectivity index is 2.28. The molecule has 104 valence electrons. The predicted molar refractivity (Wildman–Crippen MR) is 73.0 cm³/mol. The van der Waals surface area contributed by atoms with Gasteiger partial charge >= 0.3 is 0 Å². The topological polar surface area (TPSA) is 55.6 Å². The van der Waals surface area contributed by atoms with Crippen molar-refractivity contribution in [2.75, 3.05) is 20.3 Å². The summed E-state index contributed by atoms with van der Waals surface area (Å²) in [6, 6.07) is 4.23.